The third-order valence-corrected chi connectivity index (χ3v) is 12.3. The molecule has 0 unspecified atom stereocenters. The maximum atomic E-state index is 13.1. The van der Waals surface area contributed by atoms with Gasteiger partial charge in [-0.25, -0.2) is 0 Å². The molecule has 1 aromatic carbocycles. The van der Waals surface area contributed by atoms with Crippen molar-refractivity contribution in [2.75, 3.05) is 26.2 Å². The molecule has 32 heavy (non-hydrogen) atoms. The van der Waals surface area contributed by atoms with Gasteiger partial charge < -0.3 is 0 Å². The SMILES string of the molecule is CCCCCCCCCCCCCCCCP(C)(C)(C)OS(=O)(=O)c1c(C)cccc1C. The summed E-state index contributed by atoms with van der Waals surface area (Å²) in [5, 5.41) is 0. The number of unbranched alkanes of at least 4 members (excludes halogenated alkanes) is 13. The molecule has 0 spiro atoms. The van der Waals surface area contributed by atoms with Gasteiger partial charge >= 0.3 is 174 Å². The van der Waals surface area contributed by atoms with Crippen LogP contribution in [0.1, 0.15) is 108 Å². The van der Waals surface area contributed by atoms with E-state index in [1.54, 1.807) is 0 Å². The first-order chi connectivity index (χ1) is 15.0. The summed E-state index contributed by atoms with van der Waals surface area (Å²) in [5.74, 6) is 0. The molecule has 5 heteroatoms. The van der Waals surface area contributed by atoms with Crippen LogP contribution in [0.4, 0.5) is 0 Å². The Bertz CT molecular complexity index is 743. The fraction of sp³-hybridized carbons (Fsp3) is 0.778. The van der Waals surface area contributed by atoms with Gasteiger partial charge in [-0.15, -0.1) is 0 Å². The minimum atomic E-state index is -3.75. The molecule has 0 aliphatic rings. The molecule has 0 saturated heterocycles. The van der Waals surface area contributed by atoms with E-state index in [0.717, 1.165) is 30.1 Å². The summed E-state index contributed by atoms with van der Waals surface area (Å²) in [6, 6.07) is 5.57. The molecular formula is C27H51O3PS. The van der Waals surface area contributed by atoms with E-state index in [2.05, 4.69) is 6.92 Å². The summed E-state index contributed by atoms with van der Waals surface area (Å²) >= 11 is 0. The first-order valence-corrected chi connectivity index (χ1v) is 18.1. The molecule has 0 amide bonds. The summed E-state index contributed by atoms with van der Waals surface area (Å²) in [6.07, 6.45) is 19.5. The van der Waals surface area contributed by atoms with Gasteiger partial charge in [0.2, 0.25) is 0 Å². The molecule has 3 nitrogen and oxygen atoms in total. The molecule has 0 atom stereocenters. The quantitative estimate of drug-likeness (QED) is 0.154. The standard InChI is InChI=1S/C27H51O3PS/c1-7-8-9-10-11-12-13-14-15-16-17-18-19-20-24-31(4,5,6)30-32(28,29)27-25(2)22-21-23-26(27)3/h21-23H,7-20,24H2,1-6H3. The van der Waals surface area contributed by atoms with Crippen LogP contribution in [0.5, 0.6) is 0 Å². The number of hydrogen-bond acceptors (Lipinski definition) is 3. The van der Waals surface area contributed by atoms with E-state index in [9.17, 15) is 8.42 Å². The summed E-state index contributed by atoms with van der Waals surface area (Å²) in [7, 11) is -3.75. The Morgan fingerprint density at radius 2 is 1.06 bits per heavy atom. The third-order valence-electron chi connectivity index (χ3n) is 6.31. The Hall–Kier alpha value is -0.440. The molecule has 1 rings (SSSR count). The van der Waals surface area contributed by atoms with Gasteiger partial charge in [0.05, 0.1) is 0 Å². The first kappa shape index (κ1) is 29.6. The molecule has 0 aliphatic carbocycles. The molecule has 188 valence electrons. The topological polar surface area (TPSA) is 43.4 Å². The van der Waals surface area contributed by atoms with Crippen molar-refractivity contribution in [3.63, 3.8) is 0 Å². The predicted octanol–water partition coefficient (Wildman–Crippen LogP) is 8.85. The summed E-state index contributed by atoms with van der Waals surface area (Å²) in [5.41, 5.74) is 1.52. The van der Waals surface area contributed by atoms with Crippen molar-refractivity contribution in [1.82, 2.24) is 0 Å². The van der Waals surface area contributed by atoms with Crippen LogP contribution in [0, 0.1) is 13.8 Å². The van der Waals surface area contributed by atoms with Gasteiger partial charge in [-0.05, 0) is 0 Å². The van der Waals surface area contributed by atoms with Crippen molar-refractivity contribution < 1.29 is 12.4 Å². The summed E-state index contributed by atoms with van der Waals surface area (Å²) in [4.78, 5) is 0.348. The van der Waals surface area contributed by atoms with E-state index in [1.165, 1.54) is 77.0 Å². The minimum absolute atomic E-state index is 0.348. The van der Waals surface area contributed by atoms with Gasteiger partial charge in [0.15, 0.2) is 0 Å². The van der Waals surface area contributed by atoms with Crippen LogP contribution in [0.15, 0.2) is 23.1 Å². The Morgan fingerprint density at radius 1 is 0.688 bits per heavy atom. The Labute approximate surface area is 200 Å². The van der Waals surface area contributed by atoms with Crippen molar-refractivity contribution in [3.8, 4) is 0 Å². The van der Waals surface area contributed by atoms with Gasteiger partial charge in [-0.3, -0.25) is 0 Å². The van der Waals surface area contributed by atoms with Gasteiger partial charge in [0.1, 0.15) is 0 Å². The first-order valence-electron chi connectivity index (χ1n) is 13.0. The van der Waals surface area contributed by atoms with Gasteiger partial charge in [-0.2, -0.15) is 0 Å². The molecule has 0 N–H and O–H groups in total. The summed E-state index contributed by atoms with van der Waals surface area (Å²) < 4.78 is 32.1. The van der Waals surface area contributed by atoms with Gasteiger partial charge in [0, 0.05) is 0 Å². The van der Waals surface area contributed by atoms with Crippen molar-refractivity contribution >= 4 is 16.9 Å². The van der Waals surface area contributed by atoms with E-state index < -0.39 is 16.9 Å². The van der Waals surface area contributed by atoms with Gasteiger partial charge in [-0.1, -0.05) is 26.2 Å². The molecule has 0 heterocycles. The van der Waals surface area contributed by atoms with Crippen LogP contribution < -0.4 is 0 Å². The van der Waals surface area contributed by atoms with Crippen molar-refractivity contribution in [2.24, 2.45) is 0 Å². The molecule has 0 radical (unpaired) electrons. The van der Waals surface area contributed by atoms with E-state index in [1.807, 2.05) is 52.0 Å². The monoisotopic (exact) mass is 486 g/mol. The van der Waals surface area contributed by atoms with E-state index in [0.29, 0.717) is 4.90 Å². The number of rotatable bonds is 18. The van der Waals surface area contributed by atoms with Gasteiger partial charge in [0.25, 0.3) is 0 Å². The molecule has 0 aliphatic heterocycles. The zero-order valence-electron chi connectivity index (χ0n) is 21.9. The maximum absolute atomic E-state index is 13.1. The Balaban J connectivity index is 2.25. The van der Waals surface area contributed by atoms with Crippen LogP contribution in [-0.4, -0.2) is 34.6 Å². The average molecular weight is 487 g/mol. The molecule has 0 fully saturated rings. The fourth-order valence-electron chi connectivity index (χ4n) is 4.48. The number of benzene rings is 1. The number of aryl methyl sites for hydroxylation is 2. The fourth-order valence-corrected chi connectivity index (χ4v) is 10.2. The average Bonchev–Trinajstić information content (AvgIpc) is 2.66. The van der Waals surface area contributed by atoms with Crippen molar-refractivity contribution in [1.29, 1.82) is 0 Å². The zero-order chi connectivity index (χ0) is 24.1. The van der Waals surface area contributed by atoms with Crippen molar-refractivity contribution in [2.45, 2.75) is 116 Å². The van der Waals surface area contributed by atoms with E-state index >= 15 is 0 Å². The normalized spacial score (nSPS) is 13.8. The molecule has 1 aromatic rings. The number of hydrogen-bond donors (Lipinski definition) is 0. The van der Waals surface area contributed by atoms with E-state index in [-0.39, 0.29) is 0 Å². The zero-order valence-corrected chi connectivity index (χ0v) is 23.6. The van der Waals surface area contributed by atoms with Crippen LogP contribution in [0.3, 0.4) is 0 Å². The Kier molecular flexibility index (Phi) is 13.0. The van der Waals surface area contributed by atoms with Crippen LogP contribution in [-0.2, 0) is 14.1 Å². The molecule has 0 saturated carbocycles. The summed E-state index contributed by atoms with van der Waals surface area (Å²) in [6.45, 7) is 9.34. The molecule has 0 bridgehead atoms. The predicted molar refractivity (Wildman–Crippen MR) is 144 cm³/mol. The van der Waals surface area contributed by atoms with Crippen LogP contribution >= 0.6 is 6.83 Å². The van der Waals surface area contributed by atoms with Crippen molar-refractivity contribution in [3.05, 3.63) is 29.3 Å². The van der Waals surface area contributed by atoms with Crippen LogP contribution in [0.2, 0.25) is 0 Å². The second-order valence-electron chi connectivity index (χ2n) is 11.0. The third kappa shape index (κ3) is 12.1. The molecular weight excluding hydrogens is 435 g/mol. The second kappa shape index (κ2) is 14.1. The Morgan fingerprint density at radius 3 is 1.47 bits per heavy atom. The second-order valence-corrected chi connectivity index (χ2v) is 19.3. The van der Waals surface area contributed by atoms with E-state index in [4.69, 9.17) is 3.97 Å². The molecule has 0 aromatic heterocycles. The van der Waals surface area contributed by atoms with Crippen LogP contribution in [0.25, 0.3) is 0 Å².